The van der Waals surface area contributed by atoms with Gasteiger partial charge in [0, 0.05) is 22.0 Å². The van der Waals surface area contributed by atoms with Gasteiger partial charge in [-0.05, 0) is 37.5 Å². The lowest BCUT2D eigenvalue weighted by Crippen LogP contribution is -2.50. The molecule has 1 amide bonds. The summed E-state index contributed by atoms with van der Waals surface area (Å²) in [7, 11) is 0. The van der Waals surface area contributed by atoms with Crippen molar-refractivity contribution in [2.45, 2.75) is 51.0 Å². The van der Waals surface area contributed by atoms with Crippen molar-refractivity contribution in [3.8, 4) is 0 Å². The number of thiazole rings is 1. The predicted octanol–water partition coefficient (Wildman–Crippen LogP) is 3.76. The van der Waals surface area contributed by atoms with Crippen molar-refractivity contribution < 1.29 is 9.18 Å². The Balaban J connectivity index is 1.73. The number of hydrogen-bond acceptors (Lipinski definition) is 3. The molecule has 1 heterocycles. The molecule has 1 aromatic carbocycles. The highest BCUT2D eigenvalue weighted by Gasteiger charge is 2.55. The molecule has 5 heteroatoms. The highest BCUT2D eigenvalue weighted by atomic mass is 32.1. The zero-order valence-corrected chi connectivity index (χ0v) is 14.5. The zero-order valence-electron chi connectivity index (χ0n) is 13.6. The lowest BCUT2D eigenvalue weighted by atomic mass is 9.75. The van der Waals surface area contributed by atoms with Crippen LogP contribution in [0, 0.1) is 12.7 Å². The minimum Gasteiger partial charge on any atom is -0.349 e. The summed E-state index contributed by atoms with van der Waals surface area (Å²) in [5, 5.41) is 4.06. The van der Waals surface area contributed by atoms with Crippen molar-refractivity contribution in [1.82, 2.24) is 10.3 Å². The van der Waals surface area contributed by atoms with Crippen LogP contribution < -0.4 is 5.32 Å². The number of nitrogens with zero attached hydrogens (tertiary/aromatic N) is 1. The van der Waals surface area contributed by atoms with Crippen LogP contribution in [0.2, 0.25) is 0 Å². The molecule has 0 saturated heterocycles. The van der Waals surface area contributed by atoms with E-state index in [0.717, 1.165) is 28.3 Å². The van der Waals surface area contributed by atoms with E-state index in [2.05, 4.69) is 24.1 Å². The number of hydrogen-bond donors (Lipinski definition) is 1. The number of carbonyl (C=O) groups is 1. The van der Waals surface area contributed by atoms with Crippen LogP contribution in [0.1, 0.15) is 42.1 Å². The molecule has 0 aliphatic heterocycles. The summed E-state index contributed by atoms with van der Waals surface area (Å²) in [4.78, 5) is 17.8. The first-order chi connectivity index (χ1) is 10.8. The average molecular weight is 332 g/mol. The molecule has 3 nitrogen and oxygen atoms in total. The molecule has 3 rings (SSSR count). The van der Waals surface area contributed by atoms with Gasteiger partial charge in [0.15, 0.2) is 0 Å². The lowest BCUT2D eigenvalue weighted by molar-refractivity contribution is -0.121. The number of carbonyl (C=O) groups excluding carboxylic acids is 1. The Bertz CT molecular complexity index is 717. The summed E-state index contributed by atoms with van der Waals surface area (Å²) in [6.45, 7) is 6.21. The SMILES string of the molecule is Cc1cnc(CC(=O)NC2(C(C)(C)c3ccc(F)cc3)CC2)s1. The van der Waals surface area contributed by atoms with E-state index in [1.165, 1.54) is 12.1 Å². The van der Waals surface area contributed by atoms with Crippen LogP contribution >= 0.6 is 11.3 Å². The first-order valence-electron chi connectivity index (χ1n) is 7.81. The van der Waals surface area contributed by atoms with E-state index in [1.54, 1.807) is 17.5 Å². The van der Waals surface area contributed by atoms with E-state index in [-0.39, 0.29) is 22.7 Å². The number of amides is 1. The van der Waals surface area contributed by atoms with Crippen molar-refractivity contribution in [3.05, 3.63) is 51.7 Å². The first kappa shape index (κ1) is 16.1. The molecule has 1 fully saturated rings. The van der Waals surface area contributed by atoms with E-state index in [0.29, 0.717) is 6.42 Å². The van der Waals surface area contributed by atoms with Crippen molar-refractivity contribution in [1.29, 1.82) is 0 Å². The fourth-order valence-electron chi connectivity index (χ4n) is 3.11. The minimum atomic E-state index is -0.242. The van der Waals surface area contributed by atoms with Crippen LogP contribution in [0.15, 0.2) is 30.5 Å². The van der Waals surface area contributed by atoms with Crippen molar-refractivity contribution in [3.63, 3.8) is 0 Å². The van der Waals surface area contributed by atoms with Gasteiger partial charge in [-0.1, -0.05) is 26.0 Å². The molecule has 23 heavy (non-hydrogen) atoms. The molecular formula is C18H21FN2OS. The van der Waals surface area contributed by atoms with Crippen LogP contribution in [0.25, 0.3) is 0 Å². The van der Waals surface area contributed by atoms with E-state index in [4.69, 9.17) is 0 Å². The summed E-state index contributed by atoms with van der Waals surface area (Å²) in [5.41, 5.74) is 0.561. The Morgan fingerprint density at radius 2 is 2.00 bits per heavy atom. The molecule has 1 saturated carbocycles. The van der Waals surface area contributed by atoms with Gasteiger partial charge in [-0.25, -0.2) is 9.37 Å². The molecule has 0 radical (unpaired) electrons. The molecule has 0 atom stereocenters. The topological polar surface area (TPSA) is 42.0 Å². The predicted molar refractivity (Wildman–Crippen MR) is 90.1 cm³/mol. The van der Waals surface area contributed by atoms with Gasteiger partial charge >= 0.3 is 0 Å². The zero-order chi connectivity index (χ0) is 16.7. The second-order valence-electron chi connectivity index (χ2n) is 6.80. The fourth-order valence-corrected chi connectivity index (χ4v) is 3.89. The van der Waals surface area contributed by atoms with Crippen LogP contribution in [0.3, 0.4) is 0 Å². The van der Waals surface area contributed by atoms with Crippen LogP contribution in [-0.2, 0) is 16.6 Å². The molecule has 1 aromatic heterocycles. The third kappa shape index (κ3) is 3.15. The molecule has 0 unspecified atom stereocenters. The Morgan fingerprint density at radius 1 is 1.35 bits per heavy atom. The van der Waals surface area contributed by atoms with Crippen LogP contribution in [0.5, 0.6) is 0 Å². The first-order valence-corrected chi connectivity index (χ1v) is 8.62. The summed E-state index contributed by atoms with van der Waals surface area (Å²) in [6.07, 6.45) is 4.00. The Labute approximate surface area is 140 Å². The number of aromatic nitrogens is 1. The Hall–Kier alpha value is -1.75. The van der Waals surface area contributed by atoms with Crippen molar-refractivity contribution in [2.24, 2.45) is 0 Å². The largest absolute Gasteiger partial charge is 0.349 e. The summed E-state index contributed by atoms with van der Waals surface area (Å²) in [5.74, 6) is -0.232. The van der Waals surface area contributed by atoms with Gasteiger partial charge in [0.2, 0.25) is 5.91 Å². The van der Waals surface area contributed by atoms with Crippen LogP contribution in [-0.4, -0.2) is 16.4 Å². The van der Waals surface area contributed by atoms with E-state index in [1.807, 2.05) is 19.1 Å². The van der Waals surface area contributed by atoms with Gasteiger partial charge in [0.1, 0.15) is 10.8 Å². The summed E-state index contributed by atoms with van der Waals surface area (Å²) in [6, 6.07) is 6.58. The number of halogens is 1. The normalized spacial score (nSPS) is 16.2. The van der Waals surface area contributed by atoms with Crippen molar-refractivity contribution >= 4 is 17.2 Å². The molecule has 122 valence electrons. The second kappa shape index (κ2) is 5.71. The molecular weight excluding hydrogens is 311 g/mol. The Morgan fingerprint density at radius 3 is 2.52 bits per heavy atom. The molecule has 1 aliphatic rings. The maximum Gasteiger partial charge on any atom is 0.227 e. The van der Waals surface area contributed by atoms with Gasteiger partial charge in [-0.2, -0.15) is 0 Å². The molecule has 0 spiro atoms. The van der Waals surface area contributed by atoms with E-state index in [9.17, 15) is 9.18 Å². The number of benzene rings is 1. The average Bonchev–Trinajstić information content (AvgIpc) is 3.16. The second-order valence-corrected chi connectivity index (χ2v) is 8.12. The lowest BCUT2D eigenvalue weighted by Gasteiger charge is -2.36. The van der Waals surface area contributed by atoms with Gasteiger partial charge < -0.3 is 5.32 Å². The highest BCUT2D eigenvalue weighted by molar-refractivity contribution is 7.11. The fraction of sp³-hybridized carbons (Fsp3) is 0.444. The molecule has 1 N–H and O–H groups in total. The van der Waals surface area contributed by atoms with Gasteiger partial charge in [0.25, 0.3) is 0 Å². The summed E-state index contributed by atoms with van der Waals surface area (Å²) < 4.78 is 13.2. The Kier molecular flexibility index (Phi) is 4.00. The minimum absolute atomic E-state index is 0.00652. The van der Waals surface area contributed by atoms with Crippen LogP contribution in [0.4, 0.5) is 4.39 Å². The van der Waals surface area contributed by atoms with Crippen molar-refractivity contribution in [2.75, 3.05) is 0 Å². The standard InChI is InChI=1S/C18H21FN2OS/c1-12-11-20-16(23-12)10-15(22)21-18(8-9-18)17(2,3)13-4-6-14(19)7-5-13/h4-7,11H,8-10H2,1-3H3,(H,21,22). The third-order valence-corrected chi connectivity index (χ3v) is 5.78. The van der Waals surface area contributed by atoms with Gasteiger partial charge in [0.05, 0.1) is 6.42 Å². The van der Waals surface area contributed by atoms with E-state index >= 15 is 0 Å². The third-order valence-electron chi connectivity index (χ3n) is 4.87. The molecule has 0 bridgehead atoms. The quantitative estimate of drug-likeness (QED) is 0.906. The number of aryl methyl sites for hydroxylation is 1. The smallest absolute Gasteiger partial charge is 0.227 e. The number of nitrogens with one attached hydrogen (secondary N) is 1. The van der Waals surface area contributed by atoms with Gasteiger partial charge in [-0.3, -0.25) is 4.79 Å². The van der Waals surface area contributed by atoms with E-state index < -0.39 is 0 Å². The highest BCUT2D eigenvalue weighted by Crippen LogP contribution is 2.51. The van der Waals surface area contributed by atoms with Gasteiger partial charge in [-0.15, -0.1) is 11.3 Å². The maximum atomic E-state index is 13.2. The molecule has 1 aliphatic carbocycles. The maximum absolute atomic E-state index is 13.2. The number of rotatable bonds is 5. The summed E-state index contributed by atoms with van der Waals surface area (Å²) >= 11 is 1.55. The molecule has 2 aromatic rings. The monoisotopic (exact) mass is 332 g/mol.